The van der Waals surface area contributed by atoms with Gasteiger partial charge in [0, 0.05) is 5.69 Å². The van der Waals surface area contributed by atoms with Gasteiger partial charge in [-0.15, -0.1) is 0 Å². The molecule has 0 saturated carbocycles. The van der Waals surface area contributed by atoms with E-state index in [2.05, 4.69) is 5.32 Å². The maximum Gasteiger partial charge on any atom is 0.270 e. The average molecular weight is 549 g/mol. The van der Waals surface area contributed by atoms with Gasteiger partial charge < -0.3 is 19.5 Å². The number of carbonyl (C=O) groups is 2. The molecule has 4 rings (SSSR count). The van der Waals surface area contributed by atoms with Gasteiger partial charge >= 0.3 is 0 Å². The van der Waals surface area contributed by atoms with Crippen LogP contribution in [0.3, 0.4) is 0 Å². The molecule has 1 aliphatic heterocycles. The third-order valence-electron chi connectivity index (χ3n) is 5.91. The van der Waals surface area contributed by atoms with Crippen LogP contribution in [0.5, 0.6) is 17.2 Å². The highest BCUT2D eigenvalue weighted by Gasteiger charge is 2.33. The van der Waals surface area contributed by atoms with Crippen molar-refractivity contribution < 1.29 is 23.8 Å². The van der Waals surface area contributed by atoms with E-state index in [4.69, 9.17) is 26.4 Å². The van der Waals surface area contributed by atoms with E-state index in [0.29, 0.717) is 32.2 Å². The summed E-state index contributed by atoms with van der Waals surface area (Å²) in [5.74, 6) is 1.08. The van der Waals surface area contributed by atoms with Gasteiger partial charge in [0.2, 0.25) is 0 Å². The first-order valence-electron chi connectivity index (χ1n) is 11.8. The smallest absolute Gasteiger partial charge is 0.270 e. The Morgan fingerprint density at radius 3 is 2.29 bits per heavy atom. The second kappa shape index (κ2) is 11.7. The van der Waals surface area contributed by atoms with E-state index in [9.17, 15) is 9.59 Å². The zero-order valence-corrected chi connectivity index (χ0v) is 23.4. The fraction of sp³-hybridized carbons (Fsp3) is 0.207. The van der Waals surface area contributed by atoms with E-state index in [1.165, 1.54) is 23.8 Å². The summed E-state index contributed by atoms with van der Waals surface area (Å²) >= 11 is 6.69. The summed E-state index contributed by atoms with van der Waals surface area (Å²) in [6.07, 6.45) is 1.75. The van der Waals surface area contributed by atoms with Crippen molar-refractivity contribution in [3.05, 3.63) is 81.8 Å². The minimum Gasteiger partial charge on any atom is -0.497 e. The van der Waals surface area contributed by atoms with Crippen LogP contribution in [-0.4, -0.2) is 37.0 Å². The molecule has 0 spiro atoms. The van der Waals surface area contributed by atoms with Crippen molar-refractivity contribution in [1.29, 1.82) is 0 Å². The predicted octanol–water partition coefficient (Wildman–Crippen LogP) is 6.05. The molecule has 3 aromatic rings. The maximum absolute atomic E-state index is 13.1. The number of hydrogen-bond donors (Lipinski definition) is 1. The molecule has 1 N–H and O–H groups in total. The number of carbonyl (C=O) groups excluding carboxylic acids is 2. The summed E-state index contributed by atoms with van der Waals surface area (Å²) in [7, 11) is 3.11. The van der Waals surface area contributed by atoms with Crippen LogP contribution in [0.25, 0.3) is 6.08 Å². The number of nitrogens with one attached hydrogen (secondary N) is 1. The van der Waals surface area contributed by atoms with Crippen LogP contribution in [0.15, 0.2) is 59.5 Å². The highest BCUT2D eigenvalue weighted by atomic mass is 32.2. The molecule has 1 aliphatic rings. The Morgan fingerprint density at radius 1 is 0.974 bits per heavy atom. The first kappa shape index (κ1) is 27.2. The predicted molar refractivity (Wildman–Crippen MR) is 156 cm³/mol. The molecule has 9 heteroatoms. The summed E-state index contributed by atoms with van der Waals surface area (Å²) in [6, 6.07) is 16.5. The van der Waals surface area contributed by atoms with Gasteiger partial charge in [0.25, 0.3) is 11.8 Å². The molecule has 196 valence electrons. The number of aryl methyl sites for hydroxylation is 3. The lowest BCUT2D eigenvalue weighted by Gasteiger charge is -2.15. The summed E-state index contributed by atoms with van der Waals surface area (Å²) in [5.41, 5.74) is 5.33. The van der Waals surface area contributed by atoms with Gasteiger partial charge in [-0.05, 0) is 79.9 Å². The number of methoxy groups -OCH3 is 2. The highest BCUT2D eigenvalue weighted by molar-refractivity contribution is 8.27. The highest BCUT2D eigenvalue weighted by Crippen LogP contribution is 2.37. The van der Waals surface area contributed by atoms with Crippen LogP contribution in [0, 0.1) is 20.8 Å². The Balaban J connectivity index is 1.45. The topological polar surface area (TPSA) is 77.1 Å². The number of rotatable bonds is 8. The first-order chi connectivity index (χ1) is 18.2. The number of ether oxygens (including phenoxy) is 3. The molecule has 2 amide bonds. The number of thiocarbonyl (C=S) groups is 1. The van der Waals surface area contributed by atoms with Crippen molar-refractivity contribution in [2.24, 2.45) is 0 Å². The monoisotopic (exact) mass is 548 g/mol. The summed E-state index contributed by atoms with van der Waals surface area (Å²) in [5, 5.41) is 2.93. The summed E-state index contributed by atoms with van der Waals surface area (Å²) < 4.78 is 16.9. The van der Waals surface area contributed by atoms with E-state index >= 15 is 0 Å². The molecular weight excluding hydrogens is 520 g/mol. The molecule has 0 radical (unpaired) electrons. The van der Waals surface area contributed by atoms with Gasteiger partial charge in [-0.1, -0.05) is 47.7 Å². The van der Waals surface area contributed by atoms with Crippen LogP contribution in [-0.2, 0) is 9.59 Å². The van der Waals surface area contributed by atoms with E-state index < -0.39 is 0 Å². The van der Waals surface area contributed by atoms with E-state index in [1.54, 1.807) is 55.7 Å². The average Bonchev–Trinajstić information content (AvgIpc) is 3.17. The number of nitrogens with zero attached hydrogens (tertiary/aromatic N) is 1. The van der Waals surface area contributed by atoms with Crippen molar-refractivity contribution in [3.8, 4) is 17.2 Å². The van der Waals surface area contributed by atoms with E-state index in [1.807, 2.05) is 32.9 Å². The largest absolute Gasteiger partial charge is 0.497 e. The number of thioether (sulfide) groups is 1. The SMILES string of the molecule is COc1ccc(N2C(=O)/C(=C/c3ccc(OCC(=O)Nc4c(C)cc(C)cc4C)c(OC)c3)SC2=S)cc1. The normalized spacial score (nSPS) is 14.1. The lowest BCUT2D eigenvalue weighted by Crippen LogP contribution is -2.27. The Labute approximate surface area is 231 Å². The zero-order valence-electron chi connectivity index (χ0n) is 21.8. The Morgan fingerprint density at radius 2 is 1.66 bits per heavy atom. The van der Waals surface area contributed by atoms with Crippen molar-refractivity contribution in [2.75, 3.05) is 31.0 Å². The molecule has 0 atom stereocenters. The summed E-state index contributed by atoms with van der Waals surface area (Å²) in [4.78, 5) is 27.7. The molecule has 1 saturated heterocycles. The number of amides is 2. The lowest BCUT2D eigenvalue weighted by atomic mass is 10.1. The van der Waals surface area contributed by atoms with Crippen LogP contribution < -0.4 is 24.4 Å². The van der Waals surface area contributed by atoms with Crippen LogP contribution in [0.2, 0.25) is 0 Å². The first-order valence-corrected chi connectivity index (χ1v) is 13.0. The number of anilines is 2. The maximum atomic E-state index is 13.1. The minimum atomic E-state index is -0.270. The van der Waals surface area contributed by atoms with E-state index in [0.717, 1.165) is 27.9 Å². The molecule has 1 fully saturated rings. The standard InChI is InChI=1S/C29H28N2O5S2/c1-17-12-18(2)27(19(3)13-17)30-26(32)16-36-23-11-6-20(14-24(23)35-5)15-25-28(33)31(29(37)38-25)21-7-9-22(34-4)10-8-21/h6-15H,16H2,1-5H3,(H,30,32)/b25-15-. The van der Waals surface area contributed by atoms with Crippen LogP contribution in [0.4, 0.5) is 11.4 Å². The molecule has 0 aromatic heterocycles. The Kier molecular flexibility index (Phi) is 8.38. The molecule has 1 heterocycles. The third kappa shape index (κ3) is 6.00. The Hall–Kier alpha value is -3.82. The zero-order chi connectivity index (χ0) is 27.4. The molecular formula is C29H28N2O5S2. The van der Waals surface area contributed by atoms with Crippen LogP contribution in [0.1, 0.15) is 22.3 Å². The fourth-order valence-electron chi connectivity index (χ4n) is 4.16. The van der Waals surface area contributed by atoms with Gasteiger partial charge in [0.1, 0.15) is 5.75 Å². The van der Waals surface area contributed by atoms with Crippen molar-refractivity contribution in [3.63, 3.8) is 0 Å². The number of benzene rings is 3. The van der Waals surface area contributed by atoms with Crippen LogP contribution >= 0.6 is 24.0 Å². The molecule has 7 nitrogen and oxygen atoms in total. The fourth-order valence-corrected chi connectivity index (χ4v) is 5.46. The van der Waals surface area contributed by atoms with E-state index in [-0.39, 0.29) is 18.4 Å². The molecule has 3 aromatic carbocycles. The minimum absolute atomic E-state index is 0.178. The number of hydrogen-bond acceptors (Lipinski definition) is 7. The van der Waals surface area contributed by atoms with Crippen molar-refractivity contribution in [2.45, 2.75) is 20.8 Å². The quantitative estimate of drug-likeness (QED) is 0.271. The van der Waals surface area contributed by atoms with Crippen molar-refractivity contribution in [1.82, 2.24) is 0 Å². The molecule has 0 unspecified atom stereocenters. The lowest BCUT2D eigenvalue weighted by molar-refractivity contribution is -0.118. The van der Waals surface area contributed by atoms with Gasteiger partial charge in [-0.25, -0.2) is 0 Å². The summed E-state index contributed by atoms with van der Waals surface area (Å²) in [6.45, 7) is 5.77. The van der Waals surface area contributed by atoms with Gasteiger partial charge in [-0.3, -0.25) is 14.5 Å². The van der Waals surface area contributed by atoms with Gasteiger partial charge in [0.15, 0.2) is 22.4 Å². The van der Waals surface area contributed by atoms with Gasteiger partial charge in [-0.2, -0.15) is 0 Å². The molecule has 38 heavy (non-hydrogen) atoms. The molecule has 0 bridgehead atoms. The third-order valence-corrected chi connectivity index (χ3v) is 7.21. The molecule has 0 aliphatic carbocycles. The van der Waals surface area contributed by atoms with Gasteiger partial charge in [0.05, 0.1) is 24.8 Å². The van der Waals surface area contributed by atoms with Crippen molar-refractivity contribution >= 4 is 57.6 Å². The second-order valence-corrected chi connectivity index (χ2v) is 10.4. The Bertz CT molecular complexity index is 1410. The second-order valence-electron chi connectivity index (χ2n) is 8.74.